The maximum absolute atomic E-state index is 11.9. The number of hydrogen-bond donors (Lipinski definition) is 3. The number of amides is 1. The Morgan fingerprint density at radius 3 is 2.45 bits per heavy atom. The van der Waals surface area contributed by atoms with Crippen molar-refractivity contribution >= 4 is 23.2 Å². The normalized spacial score (nSPS) is 13.5. The molecular weight excluding hydrogens is 276 g/mol. The molecule has 0 fully saturated rings. The average molecular weight is 291 g/mol. The number of carbonyl (C=O) groups excluding carboxylic acids is 1. The number of halogens is 1. The van der Waals surface area contributed by atoms with Crippen molar-refractivity contribution in [3.05, 3.63) is 59.1 Å². The number of benzene rings is 2. The molecule has 104 valence electrons. The summed E-state index contributed by atoms with van der Waals surface area (Å²) in [5.41, 5.74) is 5.68. The van der Waals surface area contributed by atoms with Gasteiger partial charge in [0.05, 0.1) is 0 Å². The van der Waals surface area contributed by atoms with Gasteiger partial charge in [-0.15, -0.1) is 0 Å². The highest BCUT2D eigenvalue weighted by molar-refractivity contribution is 6.30. The Kier molecular flexibility index (Phi) is 3.86. The highest BCUT2D eigenvalue weighted by atomic mass is 35.5. The zero-order valence-electron chi connectivity index (χ0n) is 10.9. The molecule has 0 radical (unpaired) electrons. The summed E-state index contributed by atoms with van der Waals surface area (Å²) in [6.45, 7) is 1.67. The smallest absolute Gasteiger partial charge is 0.247 e. The van der Waals surface area contributed by atoms with Gasteiger partial charge in [0, 0.05) is 10.7 Å². The molecule has 0 saturated carbocycles. The minimum atomic E-state index is -1.13. The van der Waals surface area contributed by atoms with Crippen LogP contribution in [-0.2, 0) is 10.3 Å². The van der Waals surface area contributed by atoms with Gasteiger partial charge in [0.1, 0.15) is 11.3 Å². The van der Waals surface area contributed by atoms with Gasteiger partial charge in [-0.3, -0.25) is 4.79 Å². The lowest BCUT2D eigenvalue weighted by atomic mass is 9.90. The van der Waals surface area contributed by atoms with E-state index in [0.717, 1.165) is 0 Å². The summed E-state index contributed by atoms with van der Waals surface area (Å²) < 4.78 is 0. The minimum absolute atomic E-state index is 0.0767. The zero-order valence-corrected chi connectivity index (χ0v) is 11.7. The molecule has 4 nitrogen and oxygen atoms in total. The number of aromatic hydroxyl groups is 1. The summed E-state index contributed by atoms with van der Waals surface area (Å²) in [5, 5.41) is 13.2. The van der Waals surface area contributed by atoms with Crippen molar-refractivity contribution in [1.29, 1.82) is 0 Å². The predicted molar refractivity (Wildman–Crippen MR) is 79.7 cm³/mol. The summed E-state index contributed by atoms with van der Waals surface area (Å²) in [5.74, 6) is -0.467. The van der Waals surface area contributed by atoms with Crippen LogP contribution in [0.15, 0.2) is 48.5 Å². The van der Waals surface area contributed by atoms with Crippen molar-refractivity contribution in [2.75, 3.05) is 5.32 Å². The lowest BCUT2D eigenvalue weighted by Crippen LogP contribution is -2.45. The Labute approximate surface area is 122 Å². The third-order valence-corrected chi connectivity index (χ3v) is 3.41. The number of nitrogens with one attached hydrogen (secondary N) is 1. The molecule has 0 saturated heterocycles. The molecule has 1 atom stereocenters. The van der Waals surface area contributed by atoms with Crippen LogP contribution < -0.4 is 11.1 Å². The first-order chi connectivity index (χ1) is 9.41. The Morgan fingerprint density at radius 2 is 1.90 bits per heavy atom. The van der Waals surface area contributed by atoms with E-state index in [-0.39, 0.29) is 5.75 Å². The number of anilines is 1. The van der Waals surface area contributed by atoms with E-state index >= 15 is 0 Å². The second kappa shape index (κ2) is 5.43. The molecule has 2 aromatic carbocycles. The molecule has 4 N–H and O–H groups in total. The SMILES string of the molecule is CC(Nc1ccc(Cl)cc1)(C(N)=O)c1cccc(O)c1. The van der Waals surface area contributed by atoms with E-state index in [1.807, 2.05) is 0 Å². The van der Waals surface area contributed by atoms with Gasteiger partial charge in [-0.1, -0.05) is 23.7 Å². The van der Waals surface area contributed by atoms with Crippen molar-refractivity contribution in [2.45, 2.75) is 12.5 Å². The van der Waals surface area contributed by atoms with Gasteiger partial charge >= 0.3 is 0 Å². The molecule has 2 rings (SSSR count). The molecule has 0 aromatic heterocycles. The topological polar surface area (TPSA) is 75.3 Å². The number of phenols is 1. The fraction of sp³-hybridized carbons (Fsp3) is 0.133. The van der Waals surface area contributed by atoms with Crippen LogP contribution in [0.1, 0.15) is 12.5 Å². The summed E-state index contributed by atoms with van der Waals surface area (Å²) in [6, 6.07) is 13.4. The van der Waals surface area contributed by atoms with Gasteiger partial charge in [-0.25, -0.2) is 0 Å². The molecule has 20 heavy (non-hydrogen) atoms. The van der Waals surface area contributed by atoms with Crippen LogP contribution in [0, 0.1) is 0 Å². The molecule has 2 aromatic rings. The molecule has 0 bridgehead atoms. The third-order valence-electron chi connectivity index (χ3n) is 3.15. The maximum atomic E-state index is 11.9. The monoisotopic (exact) mass is 290 g/mol. The Morgan fingerprint density at radius 1 is 1.25 bits per heavy atom. The number of phenolic OH excluding ortho intramolecular Hbond substituents is 1. The van der Waals surface area contributed by atoms with Crippen molar-refractivity contribution in [3.8, 4) is 5.75 Å². The number of carbonyl (C=O) groups is 1. The van der Waals surface area contributed by atoms with Crippen LogP contribution in [0.25, 0.3) is 0 Å². The van der Waals surface area contributed by atoms with Gasteiger partial charge in [0.2, 0.25) is 5.91 Å². The van der Waals surface area contributed by atoms with E-state index in [4.69, 9.17) is 17.3 Å². The van der Waals surface area contributed by atoms with Crippen LogP contribution in [0.3, 0.4) is 0 Å². The number of nitrogens with two attached hydrogens (primary N) is 1. The highest BCUT2D eigenvalue weighted by Gasteiger charge is 2.33. The molecule has 0 aliphatic carbocycles. The molecule has 0 spiro atoms. The minimum Gasteiger partial charge on any atom is -0.508 e. The predicted octanol–water partition coefficient (Wildman–Crippen LogP) is 2.86. The van der Waals surface area contributed by atoms with E-state index in [9.17, 15) is 9.90 Å². The standard InChI is InChI=1S/C15H15ClN2O2/c1-15(14(17)20,10-3-2-4-13(19)9-10)18-12-7-5-11(16)6-8-12/h2-9,18-19H,1H3,(H2,17,20). The van der Waals surface area contributed by atoms with E-state index in [1.165, 1.54) is 12.1 Å². The Hall–Kier alpha value is -2.20. The quantitative estimate of drug-likeness (QED) is 0.810. The molecule has 0 heterocycles. The fourth-order valence-corrected chi connectivity index (χ4v) is 2.04. The molecule has 1 amide bonds. The van der Waals surface area contributed by atoms with Crippen LogP contribution in [0.5, 0.6) is 5.75 Å². The van der Waals surface area contributed by atoms with Crippen molar-refractivity contribution in [1.82, 2.24) is 0 Å². The summed E-state index contributed by atoms with van der Waals surface area (Å²) >= 11 is 5.83. The lowest BCUT2D eigenvalue weighted by molar-refractivity contribution is -0.122. The summed E-state index contributed by atoms with van der Waals surface area (Å²) in [4.78, 5) is 11.9. The van der Waals surface area contributed by atoms with Crippen LogP contribution in [-0.4, -0.2) is 11.0 Å². The first-order valence-corrected chi connectivity index (χ1v) is 6.43. The zero-order chi connectivity index (χ0) is 14.8. The van der Waals surface area contributed by atoms with Crippen LogP contribution in [0.2, 0.25) is 5.02 Å². The van der Waals surface area contributed by atoms with Crippen LogP contribution in [0.4, 0.5) is 5.69 Å². The molecule has 0 aliphatic rings. The fourth-order valence-electron chi connectivity index (χ4n) is 1.91. The van der Waals surface area contributed by atoms with E-state index in [0.29, 0.717) is 16.3 Å². The van der Waals surface area contributed by atoms with Gasteiger partial charge in [-0.2, -0.15) is 0 Å². The lowest BCUT2D eigenvalue weighted by Gasteiger charge is -2.29. The first kappa shape index (κ1) is 14.2. The van der Waals surface area contributed by atoms with Gasteiger partial charge in [0.15, 0.2) is 0 Å². The molecule has 1 unspecified atom stereocenters. The largest absolute Gasteiger partial charge is 0.508 e. The van der Waals surface area contributed by atoms with Gasteiger partial charge < -0.3 is 16.2 Å². The van der Waals surface area contributed by atoms with Gasteiger partial charge in [0.25, 0.3) is 0 Å². The van der Waals surface area contributed by atoms with E-state index < -0.39 is 11.4 Å². The molecule has 0 aliphatic heterocycles. The van der Waals surface area contributed by atoms with E-state index in [2.05, 4.69) is 5.32 Å². The van der Waals surface area contributed by atoms with Crippen LogP contribution >= 0.6 is 11.6 Å². The second-order valence-electron chi connectivity index (χ2n) is 4.67. The van der Waals surface area contributed by atoms with E-state index in [1.54, 1.807) is 43.3 Å². The number of rotatable bonds is 4. The second-order valence-corrected chi connectivity index (χ2v) is 5.11. The Bertz CT molecular complexity index is 628. The summed E-state index contributed by atoms with van der Waals surface area (Å²) in [6.07, 6.45) is 0. The molecule has 5 heteroatoms. The van der Waals surface area contributed by atoms with Crippen molar-refractivity contribution in [3.63, 3.8) is 0 Å². The van der Waals surface area contributed by atoms with Crippen molar-refractivity contribution < 1.29 is 9.90 Å². The average Bonchev–Trinajstić information content (AvgIpc) is 2.41. The Balaban J connectivity index is 2.39. The highest BCUT2D eigenvalue weighted by Crippen LogP contribution is 2.28. The molecular formula is C15H15ClN2O2. The van der Waals surface area contributed by atoms with Gasteiger partial charge in [-0.05, 0) is 48.9 Å². The summed E-state index contributed by atoms with van der Waals surface area (Å²) in [7, 11) is 0. The number of hydrogen-bond acceptors (Lipinski definition) is 3. The van der Waals surface area contributed by atoms with Crippen molar-refractivity contribution in [2.24, 2.45) is 5.73 Å². The maximum Gasteiger partial charge on any atom is 0.247 e. The number of primary amides is 1. The first-order valence-electron chi connectivity index (χ1n) is 6.05. The third kappa shape index (κ3) is 2.86.